The van der Waals surface area contributed by atoms with Crippen molar-refractivity contribution in [3.8, 4) is 0 Å². The molecule has 2 aromatic rings. The van der Waals surface area contributed by atoms with E-state index in [2.05, 4.69) is 6.07 Å². The van der Waals surface area contributed by atoms with Crippen molar-refractivity contribution in [2.24, 2.45) is 0 Å². The first-order chi connectivity index (χ1) is 9.32. The van der Waals surface area contributed by atoms with E-state index in [-0.39, 0.29) is 5.78 Å². The molecule has 0 saturated heterocycles. The Morgan fingerprint density at radius 2 is 1.40 bits per heavy atom. The summed E-state index contributed by atoms with van der Waals surface area (Å²) in [5.74, 6) is 0.0542. The molecule has 0 unspecified atom stereocenters. The van der Waals surface area contributed by atoms with Crippen LogP contribution in [0.15, 0.2) is 24.3 Å². The van der Waals surface area contributed by atoms with Gasteiger partial charge in [-0.25, -0.2) is 0 Å². The third kappa shape index (κ3) is 2.34. The van der Waals surface area contributed by atoms with Crippen LogP contribution in [0, 0.1) is 34.6 Å². The summed E-state index contributed by atoms with van der Waals surface area (Å²) in [4.78, 5) is 12.8. The number of hydrogen-bond donors (Lipinski definition) is 1. The fraction of sp³-hybridized carbons (Fsp3) is 0.278. The van der Waals surface area contributed by atoms with Gasteiger partial charge in [0.05, 0.1) is 0 Å². The van der Waals surface area contributed by atoms with Crippen molar-refractivity contribution in [1.29, 1.82) is 0 Å². The molecule has 0 saturated carbocycles. The average molecular weight is 267 g/mol. The van der Waals surface area contributed by atoms with Crippen LogP contribution < -0.4 is 5.73 Å². The van der Waals surface area contributed by atoms with Crippen molar-refractivity contribution in [2.75, 3.05) is 5.73 Å². The van der Waals surface area contributed by atoms with Gasteiger partial charge in [0.15, 0.2) is 5.78 Å². The number of benzene rings is 2. The smallest absolute Gasteiger partial charge is 0.193 e. The van der Waals surface area contributed by atoms with E-state index < -0.39 is 0 Å². The van der Waals surface area contributed by atoms with Crippen LogP contribution in [0.1, 0.15) is 43.7 Å². The summed E-state index contributed by atoms with van der Waals surface area (Å²) in [7, 11) is 0. The molecule has 104 valence electrons. The molecule has 0 heterocycles. The maximum Gasteiger partial charge on any atom is 0.193 e. The Balaban J connectivity index is 2.62. The topological polar surface area (TPSA) is 43.1 Å². The molecule has 2 nitrogen and oxygen atoms in total. The first-order valence-electron chi connectivity index (χ1n) is 6.81. The Labute approximate surface area is 120 Å². The van der Waals surface area contributed by atoms with E-state index in [0.717, 1.165) is 33.4 Å². The number of aryl methyl sites for hydroxylation is 3. The molecule has 0 bridgehead atoms. The molecule has 0 aliphatic rings. The molecule has 0 radical (unpaired) electrons. The molecule has 2 aromatic carbocycles. The van der Waals surface area contributed by atoms with Crippen molar-refractivity contribution in [1.82, 2.24) is 0 Å². The molecule has 2 heteroatoms. The summed E-state index contributed by atoms with van der Waals surface area (Å²) < 4.78 is 0. The maximum atomic E-state index is 12.8. The van der Waals surface area contributed by atoms with E-state index >= 15 is 0 Å². The summed E-state index contributed by atoms with van der Waals surface area (Å²) in [6, 6.07) is 7.65. The van der Waals surface area contributed by atoms with Gasteiger partial charge in [-0.3, -0.25) is 4.79 Å². The number of carbonyl (C=O) groups excluding carboxylic acids is 1. The lowest BCUT2D eigenvalue weighted by Gasteiger charge is -2.15. The van der Waals surface area contributed by atoms with Crippen LogP contribution in [-0.2, 0) is 0 Å². The van der Waals surface area contributed by atoms with Gasteiger partial charge in [0.25, 0.3) is 0 Å². The highest BCUT2D eigenvalue weighted by atomic mass is 16.1. The second-order valence-electron chi connectivity index (χ2n) is 5.54. The molecule has 0 aliphatic heterocycles. The Kier molecular flexibility index (Phi) is 3.67. The Bertz CT molecular complexity index is 673. The lowest BCUT2D eigenvalue weighted by atomic mass is 9.89. The van der Waals surface area contributed by atoms with Crippen molar-refractivity contribution in [3.05, 3.63) is 63.2 Å². The number of nitrogens with two attached hydrogens (primary N) is 1. The van der Waals surface area contributed by atoms with E-state index in [4.69, 9.17) is 5.73 Å². The highest BCUT2D eigenvalue weighted by Crippen LogP contribution is 2.25. The van der Waals surface area contributed by atoms with E-state index in [1.54, 1.807) is 6.07 Å². The van der Waals surface area contributed by atoms with Crippen LogP contribution in [0.5, 0.6) is 0 Å². The fourth-order valence-corrected chi connectivity index (χ4v) is 2.48. The molecule has 2 N–H and O–H groups in total. The van der Waals surface area contributed by atoms with Gasteiger partial charge >= 0.3 is 0 Å². The normalized spacial score (nSPS) is 10.7. The predicted octanol–water partition coefficient (Wildman–Crippen LogP) is 4.04. The third-order valence-electron chi connectivity index (χ3n) is 4.13. The number of anilines is 1. The second kappa shape index (κ2) is 5.12. The minimum absolute atomic E-state index is 0.0542. The van der Waals surface area contributed by atoms with Crippen molar-refractivity contribution in [3.63, 3.8) is 0 Å². The molecule has 0 aromatic heterocycles. The van der Waals surface area contributed by atoms with Gasteiger partial charge in [-0.2, -0.15) is 0 Å². The van der Waals surface area contributed by atoms with Crippen LogP contribution in [0.2, 0.25) is 0 Å². The maximum absolute atomic E-state index is 12.8. The van der Waals surface area contributed by atoms with Gasteiger partial charge in [-0.05, 0) is 68.5 Å². The Morgan fingerprint density at radius 1 is 0.850 bits per heavy atom. The standard InChI is InChI=1S/C18H21NO/c1-10-6-7-15(9-16(10)19)18(20)17-13(4)11(2)8-12(3)14(17)5/h6-9H,19H2,1-5H3. The van der Waals surface area contributed by atoms with E-state index in [9.17, 15) is 4.79 Å². The van der Waals surface area contributed by atoms with Crippen molar-refractivity contribution in [2.45, 2.75) is 34.6 Å². The number of ketones is 1. The monoisotopic (exact) mass is 267 g/mol. The highest BCUT2D eigenvalue weighted by Gasteiger charge is 2.17. The van der Waals surface area contributed by atoms with Gasteiger partial charge in [0.2, 0.25) is 0 Å². The van der Waals surface area contributed by atoms with Crippen LogP contribution in [-0.4, -0.2) is 5.78 Å². The van der Waals surface area contributed by atoms with Gasteiger partial charge in [0.1, 0.15) is 0 Å². The Morgan fingerprint density at radius 3 is 1.90 bits per heavy atom. The molecule has 0 aliphatic carbocycles. The predicted molar refractivity (Wildman–Crippen MR) is 84.4 cm³/mol. The first-order valence-corrected chi connectivity index (χ1v) is 6.81. The fourth-order valence-electron chi connectivity index (χ4n) is 2.48. The third-order valence-corrected chi connectivity index (χ3v) is 4.13. The average Bonchev–Trinajstić information content (AvgIpc) is 2.40. The first kappa shape index (κ1) is 14.3. The molecule has 0 spiro atoms. The van der Waals surface area contributed by atoms with E-state index in [0.29, 0.717) is 11.3 Å². The van der Waals surface area contributed by atoms with E-state index in [1.165, 1.54) is 0 Å². The van der Waals surface area contributed by atoms with Gasteiger partial charge in [-0.15, -0.1) is 0 Å². The van der Waals surface area contributed by atoms with Gasteiger partial charge in [0, 0.05) is 16.8 Å². The summed E-state index contributed by atoms with van der Waals surface area (Å²) >= 11 is 0. The highest BCUT2D eigenvalue weighted by molar-refractivity contribution is 6.11. The minimum Gasteiger partial charge on any atom is -0.398 e. The van der Waals surface area contributed by atoms with Crippen molar-refractivity contribution >= 4 is 11.5 Å². The number of carbonyl (C=O) groups is 1. The molecule has 0 amide bonds. The van der Waals surface area contributed by atoms with E-state index in [1.807, 2.05) is 46.8 Å². The summed E-state index contributed by atoms with van der Waals surface area (Å²) in [6.07, 6.45) is 0. The molecule has 0 atom stereocenters. The SMILES string of the molecule is Cc1ccc(C(=O)c2c(C)c(C)cc(C)c2C)cc1N. The quantitative estimate of drug-likeness (QED) is 0.659. The zero-order valence-corrected chi connectivity index (χ0v) is 12.8. The number of hydrogen-bond acceptors (Lipinski definition) is 2. The van der Waals surface area contributed by atoms with Crippen molar-refractivity contribution < 1.29 is 4.79 Å². The van der Waals surface area contributed by atoms with Crippen LogP contribution in [0.25, 0.3) is 0 Å². The summed E-state index contributed by atoms with van der Waals surface area (Å²) in [6.45, 7) is 10.0. The van der Waals surface area contributed by atoms with Crippen LogP contribution in [0.4, 0.5) is 5.69 Å². The van der Waals surface area contributed by atoms with Gasteiger partial charge in [-0.1, -0.05) is 18.2 Å². The number of rotatable bonds is 2. The zero-order valence-electron chi connectivity index (χ0n) is 12.8. The molecule has 0 fully saturated rings. The lowest BCUT2D eigenvalue weighted by Crippen LogP contribution is -2.09. The molecular formula is C18H21NO. The molecule has 2 rings (SSSR count). The zero-order chi connectivity index (χ0) is 15.0. The minimum atomic E-state index is 0.0542. The van der Waals surface area contributed by atoms with Crippen LogP contribution >= 0.6 is 0 Å². The lowest BCUT2D eigenvalue weighted by molar-refractivity contribution is 0.103. The largest absolute Gasteiger partial charge is 0.398 e. The molecular weight excluding hydrogens is 246 g/mol. The molecule has 20 heavy (non-hydrogen) atoms. The number of nitrogen functional groups attached to an aromatic ring is 1. The van der Waals surface area contributed by atoms with Crippen LogP contribution in [0.3, 0.4) is 0 Å². The summed E-state index contributed by atoms with van der Waals surface area (Å²) in [5.41, 5.74) is 13.5. The van der Waals surface area contributed by atoms with Gasteiger partial charge < -0.3 is 5.73 Å². The Hall–Kier alpha value is -2.09. The second-order valence-corrected chi connectivity index (χ2v) is 5.54. The summed E-state index contributed by atoms with van der Waals surface area (Å²) in [5, 5.41) is 0.